The first-order chi connectivity index (χ1) is 9.70. The fourth-order valence-electron chi connectivity index (χ4n) is 1.83. The van der Waals surface area contributed by atoms with Gasteiger partial charge in [-0.2, -0.15) is 0 Å². The van der Waals surface area contributed by atoms with Gasteiger partial charge < -0.3 is 9.84 Å². The predicted octanol–water partition coefficient (Wildman–Crippen LogP) is 3.27. The van der Waals surface area contributed by atoms with Gasteiger partial charge in [0.2, 0.25) is 0 Å². The van der Waals surface area contributed by atoms with Gasteiger partial charge in [0, 0.05) is 10.9 Å². The molecular weight excluding hydrogens is 276 g/mol. The van der Waals surface area contributed by atoms with Crippen molar-refractivity contribution in [2.75, 3.05) is 13.2 Å². The SMILES string of the molecule is O=C(OCC(CO)c1ccccc1)c1ccc(Cl)cc1. The zero-order chi connectivity index (χ0) is 14.4. The van der Waals surface area contributed by atoms with E-state index in [9.17, 15) is 9.90 Å². The van der Waals surface area contributed by atoms with Crippen LogP contribution in [0.2, 0.25) is 5.02 Å². The van der Waals surface area contributed by atoms with Crippen LogP contribution in [-0.2, 0) is 4.74 Å². The maximum absolute atomic E-state index is 11.9. The van der Waals surface area contributed by atoms with Crippen molar-refractivity contribution in [1.82, 2.24) is 0 Å². The first kappa shape index (κ1) is 14.6. The maximum Gasteiger partial charge on any atom is 0.338 e. The maximum atomic E-state index is 11.9. The summed E-state index contributed by atoms with van der Waals surface area (Å²) in [7, 11) is 0. The van der Waals surface area contributed by atoms with Crippen LogP contribution in [-0.4, -0.2) is 24.3 Å². The molecule has 4 heteroatoms. The second kappa shape index (κ2) is 7.08. The number of aliphatic hydroxyl groups is 1. The molecule has 0 saturated heterocycles. The summed E-state index contributed by atoms with van der Waals surface area (Å²) in [5.74, 6) is -0.636. The van der Waals surface area contributed by atoms with Crippen LogP contribution >= 0.6 is 11.6 Å². The van der Waals surface area contributed by atoms with Crippen molar-refractivity contribution in [3.63, 3.8) is 0 Å². The Bertz CT molecular complexity index is 552. The second-order valence-electron chi connectivity index (χ2n) is 4.40. The molecule has 2 aromatic rings. The number of carbonyl (C=O) groups excluding carboxylic acids is 1. The summed E-state index contributed by atoms with van der Waals surface area (Å²) in [5.41, 5.74) is 1.39. The highest BCUT2D eigenvalue weighted by Crippen LogP contribution is 2.16. The van der Waals surface area contributed by atoms with Crippen LogP contribution in [0.5, 0.6) is 0 Å². The van der Waals surface area contributed by atoms with Gasteiger partial charge >= 0.3 is 5.97 Å². The average molecular weight is 291 g/mol. The number of ether oxygens (including phenoxy) is 1. The molecule has 3 nitrogen and oxygen atoms in total. The highest BCUT2D eigenvalue weighted by atomic mass is 35.5. The van der Waals surface area contributed by atoms with E-state index in [1.165, 1.54) is 0 Å². The summed E-state index contributed by atoms with van der Waals surface area (Å²) in [6.07, 6.45) is 0. The summed E-state index contributed by atoms with van der Waals surface area (Å²) < 4.78 is 5.23. The Kier molecular flexibility index (Phi) is 5.16. The molecule has 104 valence electrons. The van der Waals surface area contributed by atoms with Crippen molar-refractivity contribution in [3.8, 4) is 0 Å². The van der Waals surface area contributed by atoms with E-state index in [-0.39, 0.29) is 19.1 Å². The summed E-state index contributed by atoms with van der Waals surface area (Å²) >= 11 is 5.76. The minimum Gasteiger partial charge on any atom is -0.461 e. The molecule has 1 atom stereocenters. The standard InChI is InChI=1S/C16H15ClO3/c17-15-8-6-13(7-9-15)16(19)20-11-14(10-18)12-4-2-1-3-5-12/h1-9,14,18H,10-11H2. The van der Waals surface area contributed by atoms with Crippen molar-refractivity contribution in [3.05, 3.63) is 70.7 Å². The smallest absolute Gasteiger partial charge is 0.338 e. The lowest BCUT2D eigenvalue weighted by Gasteiger charge is -2.14. The third-order valence-electron chi connectivity index (χ3n) is 2.99. The van der Waals surface area contributed by atoms with Gasteiger partial charge in [-0.05, 0) is 29.8 Å². The number of hydrogen-bond donors (Lipinski definition) is 1. The molecule has 1 N–H and O–H groups in total. The number of aliphatic hydroxyl groups excluding tert-OH is 1. The van der Waals surface area contributed by atoms with Crippen LogP contribution in [0.15, 0.2) is 54.6 Å². The van der Waals surface area contributed by atoms with Gasteiger partial charge in [-0.3, -0.25) is 0 Å². The number of benzene rings is 2. The fraction of sp³-hybridized carbons (Fsp3) is 0.188. The van der Waals surface area contributed by atoms with Crippen molar-refractivity contribution >= 4 is 17.6 Å². The Balaban J connectivity index is 1.96. The first-order valence-electron chi connectivity index (χ1n) is 6.29. The molecule has 2 rings (SSSR count). The third kappa shape index (κ3) is 3.83. The number of hydrogen-bond acceptors (Lipinski definition) is 3. The van der Waals surface area contributed by atoms with Crippen molar-refractivity contribution in [2.45, 2.75) is 5.92 Å². The van der Waals surface area contributed by atoms with Crippen molar-refractivity contribution in [1.29, 1.82) is 0 Å². The van der Waals surface area contributed by atoms with Crippen molar-refractivity contribution < 1.29 is 14.6 Å². The van der Waals surface area contributed by atoms with Gasteiger partial charge in [0.25, 0.3) is 0 Å². The normalized spacial score (nSPS) is 11.9. The second-order valence-corrected chi connectivity index (χ2v) is 4.83. The van der Waals surface area contributed by atoms with E-state index < -0.39 is 5.97 Å². The molecule has 1 unspecified atom stereocenters. The highest BCUT2D eigenvalue weighted by Gasteiger charge is 2.14. The Hall–Kier alpha value is -1.84. The van der Waals surface area contributed by atoms with E-state index in [4.69, 9.17) is 16.3 Å². The van der Waals surface area contributed by atoms with Gasteiger partial charge in [0.05, 0.1) is 12.2 Å². The molecule has 0 radical (unpaired) electrons. The lowest BCUT2D eigenvalue weighted by atomic mass is 10.0. The largest absolute Gasteiger partial charge is 0.461 e. The van der Waals surface area contributed by atoms with E-state index in [1.807, 2.05) is 30.3 Å². The van der Waals surface area contributed by atoms with Crippen LogP contribution in [0.4, 0.5) is 0 Å². The van der Waals surface area contributed by atoms with Gasteiger partial charge in [-0.25, -0.2) is 4.79 Å². The highest BCUT2D eigenvalue weighted by molar-refractivity contribution is 6.30. The van der Waals surface area contributed by atoms with Crippen LogP contribution in [0.25, 0.3) is 0 Å². The quantitative estimate of drug-likeness (QED) is 0.860. The van der Waals surface area contributed by atoms with E-state index >= 15 is 0 Å². The molecule has 20 heavy (non-hydrogen) atoms. The van der Waals surface area contributed by atoms with Crippen LogP contribution in [0, 0.1) is 0 Å². The molecule has 0 aliphatic carbocycles. The number of carbonyl (C=O) groups is 1. The van der Waals surface area contributed by atoms with E-state index in [1.54, 1.807) is 24.3 Å². The number of halogens is 1. The van der Waals surface area contributed by atoms with E-state index in [0.717, 1.165) is 5.56 Å². The van der Waals surface area contributed by atoms with E-state index in [2.05, 4.69) is 0 Å². The van der Waals surface area contributed by atoms with Crippen LogP contribution < -0.4 is 0 Å². The molecule has 0 bridgehead atoms. The molecule has 0 aliphatic rings. The third-order valence-corrected chi connectivity index (χ3v) is 3.24. The Morgan fingerprint density at radius 1 is 1.10 bits per heavy atom. The van der Waals surface area contributed by atoms with Gasteiger partial charge in [0.1, 0.15) is 6.61 Å². The fourth-order valence-corrected chi connectivity index (χ4v) is 1.95. The lowest BCUT2D eigenvalue weighted by molar-refractivity contribution is 0.0450. The average Bonchev–Trinajstić information content (AvgIpc) is 2.49. The molecule has 0 fully saturated rings. The van der Waals surface area contributed by atoms with Gasteiger partial charge in [-0.15, -0.1) is 0 Å². The zero-order valence-electron chi connectivity index (χ0n) is 10.8. The molecule has 0 amide bonds. The molecule has 0 heterocycles. The molecule has 0 saturated carbocycles. The minimum atomic E-state index is -0.420. The molecular formula is C16H15ClO3. The topological polar surface area (TPSA) is 46.5 Å². The molecule has 0 aliphatic heterocycles. The summed E-state index contributed by atoms with van der Waals surface area (Å²) in [6.45, 7) is 0.0693. The van der Waals surface area contributed by atoms with Gasteiger partial charge in [-0.1, -0.05) is 41.9 Å². The zero-order valence-corrected chi connectivity index (χ0v) is 11.6. The Morgan fingerprint density at radius 2 is 1.75 bits per heavy atom. The van der Waals surface area contributed by atoms with Crippen LogP contribution in [0.1, 0.15) is 21.8 Å². The molecule has 2 aromatic carbocycles. The Morgan fingerprint density at radius 3 is 2.35 bits per heavy atom. The number of rotatable bonds is 5. The number of esters is 1. The summed E-state index contributed by atoms with van der Waals surface area (Å²) in [5, 5.41) is 9.96. The minimum absolute atomic E-state index is 0.0715. The monoisotopic (exact) mass is 290 g/mol. The summed E-state index contributed by atoms with van der Waals surface area (Å²) in [6, 6.07) is 16.0. The first-order valence-corrected chi connectivity index (χ1v) is 6.67. The van der Waals surface area contributed by atoms with Crippen LogP contribution in [0.3, 0.4) is 0 Å². The summed E-state index contributed by atoms with van der Waals surface area (Å²) in [4.78, 5) is 11.9. The van der Waals surface area contributed by atoms with Crippen molar-refractivity contribution in [2.24, 2.45) is 0 Å². The van der Waals surface area contributed by atoms with E-state index in [0.29, 0.717) is 10.6 Å². The Labute approximate surface area is 122 Å². The van der Waals surface area contributed by atoms with Gasteiger partial charge in [0.15, 0.2) is 0 Å². The molecule has 0 aromatic heterocycles. The lowest BCUT2D eigenvalue weighted by Crippen LogP contribution is -2.15. The predicted molar refractivity (Wildman–Crippen MR) is 78.0 cm³/mol. The molecule has 0 spiro atoms.